The zero-order chi connectivity index (χ0) is 16.5. The van der Waals surface area contributed by atoms with Gasteiger partial charge in [0.15, 0.2) is 0 Å². The minimum Gasteiger partial charge on any atom is -0.388 e. The summed E-state index contributed by atoms with van der Waals surface area (Å²) < 4.78 is 54.8. The van der Waals surface area contributed by atoms with Gasteiger partial charge in [-0.25, -0.2) is 0 Å². The van der Waals surface area contributed by atoms with Gasteiger partial charge in [-0.2, -0.15) is 17.6 Å². The highest BCUT2D eigenvalue weighted by molar-refractivity contribution is 5.72. The number of nitrogens with one attached hydrogen (secondary N) is 1. The fourth-order valence-corrected chi connectivity index (χ4v) is 0. The van der Waals surface area contributed by atoms with Crippen LogP contribution in [0, 0.1) is 0 Å². The number of ether oxygens (including phenoxy) is 3. The number of carbonyl (C=O) groups excluding carboxylic acids is 1. The van der Waals surface area contributed by atoms with Gasteiger partial charge in [-0.05, 0) is 0 Å². The van der Waals surface area contributed by atoms with Crippen molar-refractivity contribution in [3.05, 3.63) is 0 Å². The van der Waals surface area contributed by atoms with Crippen molar-refractivity contribution in [1.82, 2.24) is 5.32 Å². The van der Waals surface area contributed by atoms with Gasteiger partial charge in [0.1, 0.15) is 0 Å². The average molecular weight is 297 g/mol. The van der Waals surface area contributed by atoms with Gasteiger partial charge in [0.25, 0.3) is 0 Å². The summed E-state index contributed by atoms with van der Waals surface area (Å²) in [4.78, 5) is 9.70. The molecule has 1 N–H and O–H groups in total. The van der Waals surface area contributed by atoms with Crippen LogP contribution in [0.4, 0.5) is 17.6 Å². The predicted octanol–water partition coefficient (Wildman–Crippen LogP) is 2.12. The maximum absolute atomic E-state index is 11.2. The molecule has 0 bridgehead atoms. The van der Waals surface area contributed by atoms with E-state index in [4.69, 9.17) is 0 Å². The lowest BCUT2D eigenvalue weighted by molar-refractivity contribution is -0.205. The van der Waals surface area contributed by atoms with E-state index in [0.29, 0.717) is 6.92 Å². The Morgan fingerprint density at radius 3 is 1.32 bits per heavy atom. The second-order valence-corrected chi connectivity index (χ2v) is 2.72. The van der Waals surface area contributed by atoms with E-state index in [1.54, 1.807) is 21.3 Å². The quantitative estimate of drug-likeness (QED) is 0.793. The Balaban J connectivity index is -0.0000000811. The van der Waals surface area contributed by atoms with Crippen LogP contribution >= 0.6 is 0 Å². The van der Waals surface area contributed by atoms with E-state index in [9.17, 15) is 22.4 Å². The van der Waals surface area contributed by atoms with E-state index in [2.05, 4.69) is 19.5 Å². The van der Waals surface area contributed by atoms with Gasteiger partial charge in [-0.3, -0.25) is 4.79 Å². The summed E-state index contributed by atoms with van der Waals surface area (Å²) in [5.74, 6) is 0.00463. The molecule has 0 atom stereocenters. The van der Waals surface area contributed by atoms with E-state index in [1.165, 1.54) is 6.92 Å². The largest absolute Gasteiger partial charge is 0.388 e. The van der Waals surface area contributed by atoms with Gasteiger partial charge < -0.3 is 19.5 Å². The predicted molar refractivity (Wildman–Crippen MR) is 63.3 cm³/mol. The minimum absolute atomic E-state index is 0.00463. The van der Waals surface area contributed by atoms with E-state index in [0.717, 1.165) is 14.2 Å². The second kappa shape index (κ2) is 19.4. The highest BCUT2D eigenvalue weighted by atomic mass is 19.3. The molecule has 0 spiro atoms. The summed E-state index contributed by atoms with van der Waals surface area (Å²) in [6.07, 6.45) is -2.96. The first-order valence-corrected chi connectivity index (χ1v) is 4.84. The third kappa shape index (κ3) is 105. The molecular weight excluding hydrogens is 274 g/mol. The van der Waals surface area contributed by atoms with Gasteiger partial charge in [-0.15, -0.1) is 0 Å². The molecule has 0 unspecified atom stereocenters. The van der Waals surface area contributed by atoms with Crippen molar-refractivity contribution in [2.45, 2.75) is 26.6 Å². The molecule has 0 radical (unpaired) electrons. The highest BCUT2D eigenvalue weighted by Crippen LogP contribution is 2.09. The minimum atomic E-state index is -2.96. The van der Waals surface area contributed by atoms with E-state index >= 15 is 0 Å². The summed E-state index contributed by atoms with van der Waals surface area (Å²) in [6, 6.07) is 0. The first kappa shape index (κ1) is 26.6. The molecule has 9 heteroatoms. The Kier molecular flexibility index (Phi) is 27.2. The molecule has 0 fully saturated rings. The molecule has 120 valence electrons. The second-order valence-electron chi connectivity index (χ2n) is 2.72. The molecule has 0 heterocycles. The molecule has 0 aliphatic heterocycles. The lowest BCUT2D eigenvalue weighted by Crippen LogP contribution is -2.11. The molecule has 19 heavy (non-hydrogen) atoms. The van der Waals surface area contributed by atoms with Gasteiger partial charge in [0.2, 0.25) is 5.91 Å². The first-order valence-electron chi connectivity index (χ1n) is 4.84. The van der Waals surface area contributed by atoms with Crippen LogP contribution in [0.25, 0.3) is 0 Å². The molecule has 0 aromatic rings. The molecule has 1 amide bonds. The number of halogens is 4. The van der Waals surface area contributed by atoms with Crippen LogP contribution in [0.2, 0.25) is 0 Å². The maximum Gasteiger partial charge on any atom is 0.352 e. The molecule has 0 saturated heterocycles. The van der Waals surface area contributed by atoms with Crippen molar-refractivity contribution in [1.29, 1.82) is 0 Å². The van der Waals surface area contributed by atoms with Crippen molar-refractivity contribution < 1.29 is 36.6 Å². The Labute approximate surface area is 111 Å². The van der Waals surface area contributed by atoms with Gasteiger partial charge in [-0.1, -0.05) is 0 Å². The van der Waals surface area contributed by atoms with E-state index in [-0.39, 0.29) is 5.91 Å². The van der Waals surface area contributed by atoms with Crippen molar-refractivity contribution in [3.63, 3.8) is 0 Å². The summed E-state index contributed by atoms with van der Waals surface area (Å²) in [7, 11) is 6.76. The molecule has 0 aromatic carbocycles. The Hall–Kier alpha value is -0.930. The SMILES string of the molecule is CNC(C)=O.COC.COC(C)(F)F.COC(F)F. The van der Waals surface area contributed by atoms with Crippen molar-refractivity contribution in [2.75, 3.05) is 35.5 Å². The summed E-state index contributed by atoms with van der Waals surface area (Å²) in [6.45, 7) is -0.456. The highest BCUT2D eigenvalue weighted by Gasteiger charge is 2.17. The maximum atomic E-state index is 11.2. The summed E-state index contributed by atoms with van der Waals surface area (Å²) >= 11 is 0. The standard InChI is InChI=1S/C3H6F2O.C3H7NO.C2H4F2O.C2H6O/c1-3(4,5)6-2;1-3(5)4-2;1-5-2(3)4;1-3-2/h1-2H3;1-2H3,(H,4,5);2H,1H3;1-2H3. The topological polar surface area (TPSA) is 56.8 Å². The Morgan fingerprint density at radius 1 is 1.16 bits per heavy atom. The fraction of sp³-hybridized carbons (Fsp3) is 0.900. The van der Waals surface area contributed by atoms with Crippen LogP contribution in [-0.2, 0) is 19.0 Å². The number of alkyl halides is 4. The average Bonchev–Trinajstić information content (AvgIpc) is 2.30. The molecule has 0 aliphatic carbocycles. The monoisotopic (exact) mass is 297 g/mol. The van der Waals surface area contributed by atoms with Gasteiger partial charge in [0, 0.05) is 49.3 Å². The number of rotatable bonds is 2. The molecule has 0 aliphatic rings. The normalized spacial score (nSPS) is 9.05. The third-order valence-corrected chi connectivity index (χ3v) is 0.889. The van der Waals surface area contributed by atoms with Gasteiger partial charge in [0.05, 0.1) is 0 Å². The fourth-order valence-electron chi connectivity index (χ4n) is 0. The lowest BCUT2D eigenvalue weighted by atomic mass is 10.7. The van der Waals surface area contributed by atoms with Gasteiger partial charge >= 0.3 is 12.7 Å². The zero-order valence-corrected chi connectivity index (χ0v) is 12.2. The molecule has 0 aromatic heterocycles. The molecule has 0 rings (SSSR count). The van der Waals surface area contributed by atoms with Crippen molar-refractivity contribution in [3.8, 4) is 0 Å². The Bertz CT molecular complexity index is 177. The smallest absolute Gasteiger partial charge is 0.352 e. The number of hydrogen-bond donors (Lipinski definition) is 1. The number of carbonyl (C=O) groups is 1. The molecule has 0 saturated carbocycles. The van der Waals surface area contributed by atoms with Crippen LogP contribution in [0.5, 0.6) is 0 Å². The number of methoxy groups -OCH3 is 3. The first-order chi connectivity index (χ1) is 8.51. The van der Waals surface area contributed by atoms with E-state index in [1.807, 2.05) is 0 Å². The summed E-state index contributed by atoms with van der Waals surface area (Å²) in [5.41, 5.74) is 0. The molecule has 5 nitrogen and oxygen atoms in total. The lowest BCUT2D eigenvalue weighted by Gasteiger charge is -2.03. The summed E-state index contributed by atoms with van der Waals surface area (Å²) in [5, 5.41) is 2.39. The third-order valence-electron chi connectivity index (χ3n) is 0.889. The van der Waals surface area contributed by atoms with Crippen molar-refractivity contribution >= 4 is 5.91 Å². The van der Waals surface area contributed by atoms with Crippen LogP contribution in [0.1, 0.15) is 13.8 Å². The van der Waals surface area contributed by atoms with Crippen LogP contribution < -0.4 is 5.32 Å². The van der Waals surface area contributed by atoms with Crippen molar-refractivity contribution in [2.24, 2.45) is 0 Å². The van der Waals surface area contributed by atoms with E-state index < -0.39 is 12.7 Å². The Morgan fingerprint density at radius 2 is 1.32 bits per heavy atom. The molecular formula is C10H23F4NO4. The van der Waals surface area contributed by atoms with Crippen LogP contribution in [0.15, 0.2) is 0 Å². The number of hydrogen-bond acceptors (Lipinski definition) is 4. The van der Waals surface area contributed by atoms with Crippen LogP contribution in [0.3, 0.4) is 0 Å². The van der Waals surface area contributed by atoms with Crippen LogP contribution in [-0.4, -0.2) is 54.1 Å². The zero-order valence-electron chi connectivity index (χ0n) is 12.2. The number of amides is 1.